The van der Waals surface area contributed by atoms with E-state index in [0.29, 0.717) is 13.0 Å². The van der Waals surface area contributed by atoms with Crippen molar-refractivity contribution in [3.05, 3.63) is 60.2 Å². The molecular weight excluding hydrogens is 312 g/mol. The number of carbonyl (C=O) groups is 1. The van der Waals surface area contributed by atoms with Crippen LogP contribution in [0.25, 0.3) is 0 Å². The van der Waals surface area contributed by atoms with E-state index in [0.717, 1.165) is 37.2 Å². The van der Waals surface area contributed by atoms with Crippen LogP contribution in [0.5, 0.6) is 5.75 Å². The third-order valence-electron chi connectivity index (χ3n) is 4.58. The normalized spacial score (nSPS) is 15.0. The maximum Gasteiger partial charge on any atom is 0.224 e. The van der Waals surface area contributed by atoms with Crippen LogP contribution in [-0.2, 0) is 11.2 Å². The van der Waals surface area contributed by atoms with E-state index in [2.05, 4.69) is 34.5 Å². The molecule has 1 heterocycles. The third-order valence-corrected chi connectivity index (χ3v) is 4.58. The zero-order valence-corrected chi connectivity index (χ0v) is 14.8. The molecule has 1 saturated heterocycles. The molecule has 25 heavy (non-hydrogen) atoms. The molecule has 0 unspecified atom stereocenters. The number of benzene rings is 2. The summed E-state index contributed by atoms with van der Waals surface area (Å²) in [6.45, 7) is 4.59. The van der Waals surface area contributed by atoms with E-state index in [1.54, 1.807) is 0 Å². The number of rotatable bonds is 6. The number of hydrogen-bond donors (Lipinski definition) is 1. The molecule has 1 aliphatic rings. The van der Waals surface area contributed by atoms with Gasteiger partial charge < -0.3 is 15.0 Å². The summed E-state index contributed by atoms with van der Waals surface area (Å²) in [4.78, 5) is 14.7. The number of nitrogens with one attached hydrogen (secondary N) is 1. The van der Waals surface area contributed by atoms with E-state index in [1.807, 2.05) is 37.3 Å². The zero-order chi connectivity index (χ0) is 17.5. The van der Waals surface area contributed by atoms with Gasteiger partial charge in [-0.3, -0.25) is 4.79 Å². The van der Waals surface area contributed by atoms with Crippen molar-refractivity contribution < 1.29 is 9.53 Å². The van der Waals surface area contributed by atoms with Crippen molar-refractivity contribution in [1.82, 2.24) is 5.32 Å². The van der Waals surface area contributed by atoms with E-state index in [4.69, 9.17) is 4.74 Å². The molecule has 0 bridgehead atoms. The monoisotopic (exact) mass is 338 g/mol. The minimum Gasteiger partial charge on any atom is -0.494 e. The predicted octanol–water partition coefficient (Wildman–Crippen LogP) is 3.41. The first-order chi connectivity index (χ1) is 12.2. The Bertz CT molecular complexity index is 662. The minimum absolute atomic E-state index is 0.0994. The molecule has 1 amide bonds. The first-order valence-electron chi connectivity index (χ1n) is 9.05. The van der Waals surface area contributed by atoms with Gasteiger partial charge in [-0.15, -0.1) is 0 Å². The Hall–Kier alpha value is -2.49. The highest BCUT2D eigenvalue weighted by atomic mass is 16.5. The summed E-state index contributed by atoms with van der Waals surface area (Å²) in [7, 11) is 0. The molecule has 0 radical (unpaired) electrons. The summed E-state index contributed by atoms with van der Waals surface area (Å²) >= 11 is 0. The summed E-state index contributed by atoms with van der Waals surface area (Å²) in [6.07, 6.45) is 2.40. The fourth-order valence-corrected chi connectivity index (χ4v) is 3.26. The molecule has 132 valence electrons. The van der Waals surface area contributed by atoms with Gasteiger partial charge in [0.05, 0.1) is 13.0 Å². The molecule has 1 fully saturated rings. The smallest absolute Gasteiger partial charge is 0.224 e. The van der Waals surface area contributed by atoms with Crippen molar-refractivity contribution in [2.24, 2.45) is 0 Å². The van der Waals surface area contributed by atoms with Crippen LogP contribution in [0.1, 0.15) is 25.3 Å². The lowest BCUT2D eigenvalue weighted by Crippen LogP contribution is -2.45. The van der Waals surface area contributed by atoms with Gasteiger partial charge in [0.15, 0.2) is 0 Å². The third kappa shape index (κ3) is 4.99. The van der Waals surface area contributed by atoms with Gasteiger partial charge in [-0.1, -0.05) is 30.3 Å². The Morgan fingerprint density at radius 1 is 1.08 bits per heavy atom. The van der Waals surface area contributed by atoms with E-state index in [9.17, 15) is 4.79 Å². The lowest BCUT2D eigenvalue weighted by molar-refractivity contribution is -0.121. The molecule has 1 N–H and O–H groups in total. The van der Waals surface area contributed by atoms with E-state index in [1.165, 1.54) is 5.69 Å². The van der Waals surface area contributed by atoms with Gasteiger partial charge in [0.25, 0.3) is 0 Å². The van der Waals surface area contributed by atoms with Crippen molar-refractivity contribution in [2.45, 2.75) is 32.2 Å². The zero-order valence-electron chi connectivity index (χ0n) is 14.8. The van der Waals surface area contributed by atoms with E-state index in [-0.39, 0.29) is 11.9 Å². The van der Waals surface area contributed by atoms with Crippen LogP contribution < -0.4 is 15.0 Å². The molecular formula is C21H26N2O2. The van der Waals surface area contributed by atoms with Gasteiger partial charge >= 0.3 is 0 Å². The Morgan fingerprint density at radius 3 is 2.40 bits per heavy atom. The second-order valence-corrected chi connectivity index (χ2v) is 6.42. The van der Waals surface area contributed by atoms with Crippen molar-refractivity contribution in [3.63, 3.8) is 0 Å². The first kappa shape index (κ1) is 17.3. The van der Waals surface area contributed by atoms with Crippen LogP contribution in [0.15, 0.2) is 54.6 Å². The highest BCUT2D eigenvalue weighted by molar-refractivity contribution is 5.79. The largest absolute Gasteiger partial charge is 0.494 e. The quantitative estimate of drug-likeness (QED) is 0.877. The molecule has 0 aliphatic carbocycles. The molecule has 0 spiro atoms. The van der Waals surface area contributed by atoms with Crippen LogP contribution in [-0.4, -0.2) is 31.6 Å². The summed E-state index contributed by atoms with van der Waals surface area (Å²) < 4.78 is 5.43. The Morgan fingerprint density at radius 2 is 1.76 bits per heavy atom. The summed E-state index contributed by atoms with van der Waals surface area (Å²) in [6, 6.07) is 18.5. The molecule has 0 aromatic heterocycles. The predicted molar refractivity (Wildman–Crippen MR) is 101 cm³/mol. The second kappa shape index (κ2) is 8.56. The van der Waals surface area contributed by atoms with E-state index >= 15 is 0 Å². The SMILES string of the molecule is CCOc1ccc(CC(=O)NC2CCN(c3ccccc3)CC2)cc1. The lowest BCUT2D eigenvalue weighted by atomic mass is 10.0. The number of carbonyl (C=O) groups excluding carboxylic acids is 1. The highest BCUT2D eigenvalue weighted by Crippen LogP contribution is 2.19. The molecule has 2 aromatic carbocycles. The average molecular weight is 338 g/mol. The fraction of sp³-hybridized carbons (Fsp3) is 0.381. The van der Waals surface area contributed by atoms with Gasteiger partial charge in [-0.05, 0) is 49.6 Å². The molecule has 4 heteroatoms. The van der Waals surface area contributed by atoms with Crippen molar-refractivity contribution in [2.75, 3.05) is 24.6 Å². The van der Waals surface area contributed by atoms with Gasteiger partial charge in [0.2, 0.25) is 5.91 Å². The topological polar surface area (TPSA) is 41.6 Å². The van der Waals surface area contributed by atoms with Crippen LogP contribution in [0, 0.1) is 0 Å². The van der Waals surface area contributed by atoms with Gasteiger partial charge in [-0.2, -0.15) is 0 Å². The number of ether oxygens (including phenoxy) is 1. The van der Waals surface area contributed by atoms with Gasteiger partial charge in [0.1, 0.15) is 5.75 Å². The van der Waals surface area contributed by atoms with Crippen LogP contribution in [0.4, 0.5) is 5.69 Å². The number of amides is 1. The Balaban J connectivity index is 1.44. The maximum atomic E-state index is 12.3. The number of nitrogens with zero attached hydrogens (tertiary/aromatic N) is 1. The Labute approximate surface area is 149 Å². The van der Waals surface area contributed by atoms with Gasteiger partial charge in [0, 0.05) is 24.8 Å². The van der Waals surface area contributed by atoms with Crippen LogP contribution in [0.3, 0.4) is 0 Å². The molecule has 1 aliphatic heterocycles. The molecule has 2 aromatic rings. The number of piperidine rings is 1. The summed E-state index contributed by atoms with van der Waals surface area (Å²) in [5, 5.41) is 3.18. The fourth-order valence-electron chi connectivity index (χ4n) is 3.26. The minimum atomic E-state index is 0.0994. The molecule has 4 nitrogen and oxygen atoms in total. The standard InChI is InChI=1S/C21H26N2O2/c1-2-25-20-10-8-17(9-11-20)16-21(24)22-18-12-14-23(15-13-18)19-6-4-3-5-7-19/h3-11,18H,2,12-16H2,1H3,(H,22,24). The number of anilines is 1. The average Bonchev–Trinajstić information content (AvgIpc) is 2.65. The number of para-hydroxylation sites is 1. The van der Waals surface area contributed by atoms with Crippen LogP contribution in [0.2, 0.25) is 0 Å². The van der Waals surface area contributed by atoms with E-state index < -0.39 is 0 Å². The Kier molecular flexibility index (Phi) is 5.94. The maximum absolute atomic E-state index is 12.3. The number of hydrogen-bond acceptors (Lipinski definition) is 3. The second-order valence-electron chi connectivity index (χ2n) is 6.42. The van der Waals surface area contributed by atoms with Gasteiger partial charge in [-0.25, -0.2) is 0 Å². The lowest BCUT2D eigenvalue weighted by Gasteiger charge is -2.34. The summed E-state index contributed by atoms with van der Waals surface area (Å²) in [5.74, 6) is 0.947. The summed E-state index contributed by atoms with van der Waals surface area (Å²) in [5.41, 5.74) is 2.28. The van der Waals surface area contributed by atoms with Crippen molar-refractivity contribution in [1.29, 1.82) is 0 Å². The molecule has 0 saturated carbocycles. The molecule has 0 atom stereocenters. The van der Waals surface area contributed by atoms with Crippen molar-refractivity contribution in [3.8, 4) is 5.75 Å². The van der Waals surface area contributed by atoms with Crippen LogP contribution >= 0.6 is 0 Å². The highest BCUT2D eigenvalue weighted by Gasteiger charge is 2.20. The van der Waals surface area contributed by atoms with Crippen molar-refractivity contribution >= 4 is 11.6 Å². The first-order valence-corrected chi connectivity index (χ1v) is 9.05. The molecule has 3 rings (SSSR count).